The number of ketones is 1. The van der Waals surface area contributed by atoms with E-state index < -0.39 is 5.41 Å². The number of nitrogens with zero attached hydrogens (tertiary/aromatic N) is 1. The number of carbonyl (C=O) groups is 2. The molecule has 0 radical (unpaired) electrons. The average molecular weight is 355 g/mol. The molecule has 0 aromatic heterocycles. The molecule has 0 N–H and O–H groups in total. The molecule has 1 aliphatic heterocycles. The molecule has 2 aliphatic carbocycles. The van der Waals surface area contributed by atoms with Gasteiger partial charge in [0.1, 0.15) is 0 Å². The molecule has 2 bridgehead atoms. The van der Waals surface area contributed by atoms with Crippen LogP contribution in [0.25, 0.3) is 0 Å². The number of fused-ring (bicyclic) bond motifs is 1. The quantitative estimate of drug-likeness (QED) is 0.770. The lowest BCUT2D eigenvalue weighted by Crippen LogP contribution is -2.55. The fourth-order valence-corrected chi connectivity index (χ4v) is 4.56. The molecule has 0 spiro atoms. The Bertz CT molecular complexity index is 856. The van der Waals surface area contributed by atoms with Gasteiger partial charge in [-0.05, 0) is 53.8 Å². The molecule has 6 heteroatoms. The van der Waals surface area contributed by atoms with E-state index in [2.05, 4.69) is 0 Å². The molecule has 3 aliphatic rings. The van der Waals surface area contributed by atoms with Crippen LogP contribution in [0, 0.1) is 0 Å². The number of carbonyl (C=O) groups excluding carboxylic acids is 2. The van der Waals surface area contributed by atoms with Crippen LogP contribution in [-0.4, -0.2) is 51.0 Å². The van der Waals surface area contributed by atoms with E-state index in [4.69, 9.17) is 14.2 Å². The van der Waals surface area contributed by atoms with Crippen molar-refractivity contribution in [3.8, 4) is 11.5 Å². The SMILES string of the molecule is COC1=C[C@@]23CCN(C=O)[C@H](Cc4cc(OC)c(OC)cc42)C3=CC1=O. The second-order valence-electron chi connectivity index (χ2n) is 6.83. The molecule has 1 fully saturated rings. The number of hydrogen-bond acceptors (Lipinski definition) is 5. The first-order chi connectivity index (χ1) is 12.6. The minimum Gasteiger partial charge on any atom is -0.493 e. The third-order valence-electron chi connectivity index (χ3n) is 5.80. The van der Waals surface area contributed by atoms with Crippen LogP contribution in [0.4, 0.5) is 0 Å². The minimum atomic E-state index is -0.462. The zero-order chi connectivity index (χ0) is 18.5. The van der Waals surface area contributed by atoms with Crippen molar-refractivity contribution in [2.75, 3.05) is 27.9 Å². The number of methoxy groups -OCH3 is 3. The monoisotopic (exact) mass is 355 g/mol. The summed E-state index contributed by atoms with van der Waals surface area (Å²) >= 11 is 0. The fourth-order valence-electron chi connectivity index (χ4n) is 4.56. The maximum Gasteiger partial charge on any atom is 0.220 e. The van der Waals surface area contributed by atoms with E-state index in [9.17, 15) is 9.59 Å². The number of amides is 1. The van der Waals surface area contributed by atoms with Gasteiger partial charge in [-0.1, -0.05) is 0 Å². The largest absolute Gasteiger partial charge is 0.493 e. The van der Waals surface area contributed by atoms with Crippen molar-refractivity contribution in [1.29, 1.82) is 0 Å². The van der Waals surface area contributed by atoms with Gasteiger partial charge in [-0.3, -0.25) is 9.59 Å². The van der Waals surface area contributed by atoms with Gasteiger partial charge in [0, 0.05) is 12.0 Å². The number of allylic oxidation sites excluding steroid dienone is 2. The number of benzene rings is 1. The molecule has 0 unspecified atom stereocenters. The molecular weight excluding hydrogens is 334 g/mol. The lowest BCUT2D eigenvalue weighted by atomic mass is 9.59. The predicted molar refractivity (Wildman–Crippen MR) is 94.3 cm³/mol. The van der Waals surface area contributed by atoms with Crippen LogP contribution in [0.2, 0.25) is 0 Å². The van der Waals surface area contributed by atoms with E-state index in [0.29, 0.717) is 36.6 Å². The molecule has 0 saturated carbocycles. The van der Waals surface area contributed by atoms with Crippen LogP contribution in [0.15, 0.2) is 35.6 Å². The Morgan fingerprint density at radius 1 is 1.15 bits per heavy atom. The van der Waals surface area contributed by atoms with Crippen LogP contribution < -0.4 is 9.47 Å². The normalized spacial score (nSPS) is 26.2. The van der Waals surface area contributed by atoms with Gasteiger partial charge in [0.05, 0.1) is 27.4 Å². The number of likely N-dealkylation sites (tertiary alicyclic amines) is 1. The Hall–Kier alpha value is -2.76. The molecule has 6 nitrogen and oxygen atoms in total. The van der Waals surface area contributed by atoms with Crippen molar-refractivity contribution in [1.82, 2.24) is 4.90 Å². The summed E-state index contributed by atoms with van der Waals surface area (Å²) in [6, 6.07) is 3.84. The summed E-state index contributed by atoms with van der Waals surface area (Å²) in [5, 5.41) is 0. The highest BCUT2D eigenvalue weighted by atomic mass is 16.5. The maximum absolute atomic E-state index is 12.4. The highest BCUT2D eigenvalue weighted by Gasteiger charge is 2.51. The molecule has 1 saturated heterocycles. The Kier molecular flexibility index (Phi) is 3.79. The predicted octanol–water partition coefficient (Wildman–Crippen LogP) is 1.77. The Morgan fingerprint density at radius 3 is 2.54 bits per heavy atom. The topological polar surface area (TPSA) is 65.1 Å². The molecule has 26 heavy (non-hydrogen) atoms. The summed E-state index contributed by atoms with van der Waals surface area (Å²) in [6.07, 6.45) is 5.78. The van der Waals surface area contributed by atoms with Gasteiger partial charge in [0.25, 0.3) is 0 Å². The lowest BCUT2D eigenvalue weighted by molar-refractivity contribution is -0.121. The van der Waals surface area contributed by atoms with Crippen molar-refractivity contribution >= 4 is 12.2 Å². The van der Waals surface area contributed by atoms with Crippen molar-refractivity contribution in [2.24, 2.45) is 0 Å². The summed E-state index contributed by atoms with van der Waals surface area (Å²) in [7, 11) is 4.73. The molecular formula is C20H21NO5. The van der Waals surface area contributed by atoms with Crippen molar-refractivity contribution < 1.29 is 23.8 Å². The number of ether oxygens (including phenoxy) is 3. The van der Waals surface area contributed by atoms with Crippen molar-refractivity contribution in [3.05, 3.63) is 46.7 Å². The molecule has 1 aromatic carbocycles. The highest BCUT2D eigenvalue weighted by Crippen LogP contribution is 2.53. The Labute approximate surface area is 152 Å². The van der Waals surface area contributed by atoms with Crippen LogP contribution in [0.5, 0.6) is 11.5 Å². The smallest absolute Gasteiger partial charge is 0.220 e. The molecule has 2 atom stereocenters. The standard InChI is InChI=1S/C20H21NO5/c1-24-17-7-12-6-15-14-8-16(23)19(26-3)10-20(14,4-5-21(15)11-22)13(12)9-18(17)25-2/h7-11,15H,4-6H2,1-3H3/t15-,20+/m1/s1. The summed E-state index contributed by atoms with van der Waals surface area (Å²) in [5.74, 6) is 1.50. The number of hydrogen-bond donors (Lipinski definition) is 0. The third kappa shape index (κ3) is 2.11. The zero-order valence-corrected chi connectivity index (χ0v) is 15.1. The van der Waals surface area contributed by atoms with Gasteiger partial charge in [-0.2, -0.15) is 0 Å². The first-order valence-electron chi connectivity index (χ1n) is 8.57. The Morgan fingerprint density at radius 2 is 1.88 bits per heavy atom. The fraction of sp³-hybridized carbons (Fsp3) is 0.400. The Balaban J connectivity index is 1.99. The van der Waals surface area contributed by atoms with Gasteiger partial charge < -0.3 is 19.1 Å². The second kappa shape index (κ2) is 5.90. The van der Waals surface area contributed by atoms with E-state index in [1.165, 1.54) is 7.11 Å². The lowest BCUT2D eigenvalue weighted by Gasteiger charge is -2.52. The second-order valence-corrected chi connectivity index (χ2v) is 6.83. The van der Waals surface area contributed by atoms with Gasteiger partial charge >= 0.3 is 0 Å². The summed E-state index contributed by atoms with van der Waals surface area (Å²) in [4.78, 5) is 25.8. The van der Waals surface area contributed by atoms with Crippen LogP contribution in [-0.2, 0) is 26.2 Å². The minimum absolute atomic E-state index is 0.134. The van der Waals surface area contributed by atoms with Gasteiger partial charge in [0.15, 0.2) is 17.3 Å². The molecule has 1 aromatic rings. The number of piperidine rings is 1. The van der Waals surface area contributed by atoms with Gasteiger partial charge in [-0.15, -0.1) is 0 Å². The number of rotatable bonds is 4. The summed E-state index contributed by atoms with van der Waals surface area (Å²) in [6.45, 7) is 0.626. The van der Waals surface area contributed by atoms with Gasteiger partial charge in [-0.25, -0.2) is 0 Å². The van der Waals surface area contributed by atoms with Crippen LogP contribution in [0.1, 0.15) is 17.5 Å². The van der Waals surface area contributed by atoms with E-state index >= 15 is 0 Å². The van der Waals surface area contributed by atoms with Crippen LogP contribution in [0.3, 0.4) is 0 Å². The maximum atomic E-state index is 12.4. The first-order valence-corrected chi connectivity index (χ1v) is 8.57. The van der Waals surface area contributed by atoms with E-state index in [1.807, 2.05) is 18.2 Å². The van der Waals surface area contributed by atoms with E-state index in [0.717, 1.165) is 23.1 Å². The van der Waals surface area contributed by atoms with E-state index in [1.54, 1.807) is 25.2 Å². The average Bonchev–Trinajstić information content (AvgIpc) is 2.66. The van der Waals surface area contributed by atoms with Crippen molar-refractivity contribution in [2.45, 2.75) is 24.3 Å². The molecule has 1 amide bonds. The van der Waals surface area contributed by atoms with E-state index in [-0.39, 0.29) is 11.8 Å². The molecule has 136 valence electrons. The van der Waals surface area contributed by atoms with Crippen LogP contribution >= 0.6 is 0 Å². The highest BCUT2D eigenvalue weighted by molar-refractivity contribution is 6.05. The first kappa shape index (κ1) is 16.7. The molecule has 1 heterocycles. The third-order valence-corrected chi connectivity index (χ3v) is 5.80. The summed E-state index contributed by atoms with van der Waals surface area (Å²) < 4.78 is 16.3. The van der Waals surface area contributed by atoms with Crippen molar-refractivity contribution in [3.63, 3.8) is 0 Å². The summed E-state index contributed by atoms with van der Waals surface area (Å²) in [5.41, 5.74) is 2.68. The van der Waals surface area contributed by atoms with Gasteiger partial charge in [0.2, 0.25) is 12.2 Å². The molecule has 4 rings (SSSR count). The zero-order valence-electron chi connectivity index (χ0n) is 15.1.